The van der Waals surface area contributed by atoms with E-state index in [9.17, 15) is 4.79 Å². The van der Waals surface area contributed by atoms with E-state index in [1.165, 1.54) is 0 Å². The van der Waals surface area contributed by atoms with Gasteiger partial charge in [-0.25, -0.2) is 19.3 Å². The van der Waals surface area contributed by atoms with E-state index in [-0.39, 0.29) is 11.7 Å². The molecule has 0 aliphatic rings. The van der Waals surface area contributed by atoms with E-state index in [0.717, 1.165) is 16.8 Å². The predicted octanol–water partition coefficient (Wildman–Crippen LogP) is 3.45. The molecule has 3 heterocycles. The van der Waals surface area contributed by atoms with Crippen molar-refractivity contribution < 1.29 is 4.79 Å². The molecule has 0 saturated carbocycles. The molecule has 5 rings (SSSR count). The van der Waals surface area contributed by atoms with Gasteiger partial charge in [-0.2, -0.15) is 5.10 Å². The first-order valence-corrected chi connectivity index (χ1v) is 10.1. The van der Waals surface area contributed by atoms with Crippen LogP contribution in [0.25, 0.3) is 22.9 Å². The molecule has 0 aliphatic carbocycles. The van der Waals surface area contributed by atoms with Crippen LogP contribution in [0.1, 0.15) is 16.2 Å². The van der Waals surface area contributed by atoms with E-state index < -0.39 is 0 Å². The van der Waals surface area contributed by atoms with E-state index in [0.29, 0.717) is 18.2 Å². The monoisotopic (exact) mass is 421 g/mol. The number of aromatic nitrogens is 6. The van der Waals surface area contributed by atoms with Crippen molar-refractivity contribution in [3.8, 4) is 22.9 Å². The highest BCUT2D eigenvalue weighted by Crippen LogP contribution is 2.21. The number of hydrogen-bond acceptors (Lipinski definition) is 5. The van der Waals surface area contributed by atoms with Crippen molar-refractivity contribution in [3.05, 3.63) is 109 Å². The van der Waals surface area contributed by atoms with Crippen LogP contribution in [0.4, 0.5) is 0 Å². The average molecular weight is 421 g/mol. The summed E-state index contributed by atoms with van der Waals surface area (Å²) in [6, 6.07) is 24.9. The molecule has 0 atom stereocenters. The summed E-state index contributed by atoms with van der Waals surface area (Å²) < 4.78 is 3.35. The zero-order valence-electron chi connectivity index (χ0n) is 17.0. The number of nitrogens with one attached hydrogen (secondary N) is 1. The second-order valence-electron chi connectivity index (χ2n) is 7.03. The number of hydrogen-bond donors (Lipinski definition) is 1. The molecule has 0 bridgehead atoms. The summed E-state index contributed by atoms with van der Waals surface area (Å²) >= 11 is 0. The highest BCUT2D eigenvalue weighted by atomic mass is 16.2. The van der Waals surface area contributed by atoms with Gasteiger partial charge in [0.2, 0.25) is 5.82 Å². The minimum Gasteiger partial charge on any atom is -0.345 e. The number of carbonyl (C=O) groups excluding carboxylic acids is 1. The molecule has 1 N–H and O–H groups in total. The molecule has 5 aromatic rings. The molecule has 0 saturated heterocycles. The third-order valence-electron chi connectivity index (χ3n) is 4.85. The molecule has 3 aromatic heterocycles. The lowest BCUT2D eigenvalue weighted by molar-refractivity contribution is 0.0940. The predicted molar refractivity (Wildman–Crippen MR) is 119 cm³/mol. The van der Waals surface area contributed by atoms with Gasteiger partial charge < -0.3 is 5.32 Å². The fraction of sp³-hybridized carbons (Fsp3) is 0.0417. The molecule has 2 aromatic carbocycles. The lowest BCUT2D eigenvalue weighted by Crippen LogP contribution is -2.24. The first kappa shape index (κ1) is 19.4. The van der Waals surface area contributed by atoms with Gasteiger partial charge in [-0.1, -0.05) is 48.5 Å². The molecule has 8 nitrogen and oxygen atoms in total. The lowest BCUT2D eigenvalue weighted by Gasteiger charge is -2.05. The molecule has 156 valence electrons. The Morgan fingerprint density at radius 3 is 2.44 bits per heavy atom. The van der Waals surface area contributed by atoms with E-state index in [2.05, 4.69) is 25.5 Å². The number of rotatable bonds is 6. The first-order valence-electron chi connectivity index (χ1n) is 10.1. The lowest BCUT2D eigenvalue weighted by atomic mass is 10.2. The van der Waals surface area contributed by atoms with Crippen LogP contribution >= 0.6 is 0 Å². The Balaban J connectivity index is 1.40. The van der Waals surface area contributed by atoms with Crippen LogP contribution < -0.4 is 5.32 Å². The van der Waals surface area contributed by atoms with Crippen LogP contribution in [-0.4, -0.2) is 35.4 Å². The molecule has 32 heavy (non-hydrogen) atoms. The van der Waals surface area contributed by atoms with Crippen LogP contribution in [0.15, 0.2) is 97.5 Å². The molecule has 0 spiro atoms. The van der Waals surface area contributed by atoms with Crippen LogP contribution in [0.5, 0.6) is 0 Å². The molecule has 0 aliphatic heterocycles. The van der Waals surface area contributed by atoms with Crippen molar-refractivity contribution in [3.63, 3.8) is 0 Å². The molecule has 0 radical (unpaired) electrons. The Hall–Kier alpha value is -4.59. The highest BCUT2D eigenvalue weighted by molar-refractivity contribution is 5.91. The largest absolute Gasteiger partial charge is 0.345 e. The smallest absolute Gasteiger partial charge is 0.291 e. The first-order chi connectivity index (χ1) is 15.8. The summed E-state index contributed by atoms with van der Waals surface area (Å²) in [5, 5.41) is 11.6. The number of pyridine rings is 1. The SMILES string of the molecule is O=C(NCc1ccnc(-n2cccn2)c1)c1nc(-c2ccccc2)n(-c2ccccc2)n1. The zero-order valence-corrected chi connectivity index (χ0v) is 17.0. The minimum atomic E-state index is -0.352. The highest BCUT2D eigenvalue weighted by Gasteiger charge is 2.18. The third-order valence-corrected chi connectivity index (χ3v) is 4.85. The molecule has 8 heteroatoms. The van der Waals surface area contributed by atoms with Crippen molar-refractivity contribution in [2.75, 3.05) is 0 Å². The quantitative estimate of drug-likeness (QED) is 0.454. The van der Waals surface area contributed by atoms with E-state index >= 15 is 0 Å². The summed E-state index contributed by atoms with van der Waals surface area (Å²) in [7, 11) is 0. The van der Waals surface area contributed by atoms with Gasteiger partial charge in [-0.15, -0.1) is 5.10 Å². The standard InChI is InChI=1S/C24H19N7O/c32-24(26-17-18-12-14-25-21(16-18)30-15-7-13-27-30)22-28-23(19-8-3-1-4-9-19)31(29-22)20-10-5-2-6-11-20/h1-16H,17H2,(H,26,32). The van der Waals surface area contributed by atoms with Gasteiger partial charge in [-0.3, -0.25) is 4.79 Å². The van der Waals surface area contributed by atoms with Gasteiger partial charge in [-0.05, 0) is 35.9 Å². The van der Waals surface area contributed by atoms with Gasteiger partial charge in [0.05, 0.1) is 5.69 Å². The fourth-order valence-electron chi connectivity index (χ4n) is 3.29. The second kappa shape index (κ2) is 8.65. The average Bonchev–Trinajstić information content (AvgIpc) is 3.55. The van der Waals surface area contributed by atoms with Crippen molar-refractivity contribution in [1.82, 2.24) is 34.8 Å². The number of nitrogens with zero attached hydrogens (tertiary/aromatic N) is 6. The third kappa shape index (κ3) is 4.01. The Bertz CT molecular complexity index is 1270. The molecule has 0 unspecified atom stereocenters. The zero-order chi connectivity index (χ0) is 21.8. The number of carbonyl (C=O) groups is 1. The summed E-state index contributed by atoms with van der Waals surface area (Å²) in [5.41, 5.74) is 2.60. The summed E-state index contributed by atoms with van der Waals surface area (Å²) in [5.74, 6) is 1.04. The maximum Gasteiger partial charge on any atom is 0.291 e. The summed E-state index contributed by atoms with van der Waals surface area (Å²) in [6.45, 7) is 0.316. The number of amides is 1. The van der Waals surface area contributed by atoms with Crippen LogP contribution in [0.2, 0.25) is 0 Å². The Kier molecular flexibility index (Phi) is 5.24. The van der Waals surface area contributed by atoms with Crippen LogP contribution in [-0.2, 0) is 6.54 Å². The Morgan fingerprint density at radius 1 is 0.906 bits per heavy atom. The van der Waals surface area contributed by atoms with Gasteiger partial charge in [0.1, 0.15) is 0 Å². The van der Waals surface area contributed by atoms with Gasteiger partial charge >= 0.3 is 0 Å². The minimum absolute atomic E-state index is 0.106. The van der Waals surface area contributed by atoms with Gasteiger partial charge in [0.25, 0.3) is 5.91 Å². The molecular weight excluding hydrogens is 402 g/mol. The maximum absolute atomic E-state index is 12.9. The van der Waals surface area contributed by atoms with E-state index in [1.807, 2.05) is 85.1 Å². The van der Waals surface area contributed by atoms with Crippen LogP contribution in [0.3, 0.4) is 0 Å². The second-order valence-corrected chi connectivity index (χ2v) is 7.03. The van der Waals surface area contributed by atoms with Crippen LogP contribution in [0, 0.1) is 0 Å². The Labute approximate surface area is 184 Å². The molecule has 0 fully saturated rings. The van der Waals surface area contributed by atoms with Gasteiger partial charge in [0.15, 0.2) is 11.6 Å². The van der Waals surface area contributed by atoms with Crippen molar-refractivity contribution in [2.24, 2.45) is 0 Å². The topological polar surface area (TPSA) is 90.5 Å². The molecule has 1 amide bonds. The summed E-state index contributed by atoms with van der Waals surface area (Å²) in [4.78, 5) is 21.7. The number of benzene rings is 2. The van der Waals surface area contributed by atoms with Crippen molar-refractivity contribution in [1.29, 1.82) is 0 Å². The van der Waals surface area contributed by atoms with Gasteiger partial charge in [0, 0.05) is 30.7 Å². The Morgan fingerprint density at radius 2 is 1.69 bits per heavy atom. The van der Waals surface area contributed by atoms with Crippen molar-refractivity contribution in [2.45, 2.75) is 6.54 Å². The van der Waals surface area contributed by atoms with E-state index in [4.69, 9.17) is 0 Å². The normalized spacial score (nSPS) is 10.8. The molecular formula is C24H19N7O. The van der Waals surface area contributed by atoms with Crippen molar-refractivity contribution >= 4 is 5.91 Å². The summed E-state index contributed by atoms with van der Waals surface area (Å²) in [6.07, 6.45) is 5.19. The fourth-order valence-corrected chi connectivity index (χ4v) is 3.29. The number of para-hydroxylation sites is 1. The maximum atomic E-state index is 12.9. The van der Waals surface area contributed by atoms with E-state index in [1.54, 1.807) is 21.8 Å².